The topological polar surface area (TPSA) is 52.1 Å². The molecule has 4 heteroatoms. The van der Waals surface area contributed by atoms with E-state index in [1.165, 1.54) is 0 Å². The molecule has 2 aromatic rings. The van der Waals surface area contributed by atoms with Gasteiger partial charge in [-0.15, -0.1) is 0 Å². The minimum absolute atomic E-state index is 0.254. The number of carbonyl (C=O) groups excluding carboxylic acids is 1. The smallest absolute Gasteiger partial charge is 0.338 e. The monoisotopic (exact) mass is 214 g/mol. The van der Waals surface area contributed by atoms with E-state index in [2.05, 4.69) is 9.97 Å². The van der Waals surface area contributed by atoms with Crippen LogP contribution in [-0.4, -0.2) is 15.9 Å². The molecule has 0 radical (unpaired) electrons. The summed E-state index contributed by atoms with van der Waals surface area (Å²) in [5, 5.41) is 0. The third kappa shape index (κ3) is 2.63. The molecule has 80 valence electrons. The van der Waals surface area contributed by atoms with Crippen LogP contribution in [0.2, 0.25) is 0 Å². The Morgan fingerprint density at radius 1 is 1.00 bits per heavy atom. The summed E-state index contributed by atoms with van der Waals surface area (Å²) < 4.78 is 5.12. The van der Waals surface area contributed by atoms with Crippen molar-refractivity contribution in [2.75, 3.05) is 0 Å². The van der Waals surface area contributed by atoms with Crippen LogP contribution < -0.4 is 0 Å². The summed E-state index contributed by atoms with van der Waals surface area (Å²) in [5.74, 6) is -0.348. The largest absolute Gasteiger partial charge is 0.457 e. The average molecular weight is 214 g/mol. The summed E-state index contributed by atoms with van der Waals surface area (Å²) in [5.41, 5.74) is 1.42. The lowest BCUT2D eigenvalue weighted by Crippen LogP contribution is -2.05. The molecule has 0 fully saturated rings. The lowest BCUT2D eigenvalue weighted by Gasteiger charge is -2.03. The zero-order chi connectivity index (χ0) is 11.2. The average Bonchev–Trinajstić information content (AvgIpc) is 2.38. The lowest BCUT2D eigenvalue weighted by molar-refractivity contribution is 0.0472. The fourth-order valence-electron chi connectivity index (χ4n) is 1.20. The number of rotatable bonds is 3. The molecule has 0 saturated heterocycles. The molecule has 2 heterocycles. The van der Waals surface area contributed by atoms with Gasteiger partial charge in [-0.05, 0) is 29.8 Å². The maximum Gasteiger partial charge on any atom is 0.338 e. The predicted molar refractivity (Wildman–Crippen MR) is 57.6 cm³/mol. The number of pyridine rings is 2. The van der Waals surface area contributed by atoms with E-state index < -0.39 is 0 Å². The second-order valence-corrected chi connectivity index (χ2v) is 3.17. The second-order valence-electron chi connectivity index (χ2n) is 3.17. The Bertz CT molecular complexity index is 457. The molecule has 0 aliphatic carbocycles. The number of aromatic nitrogens is 2. The van der Waals surface area contributed by atoms with Gasteiger partial charge < -0.3 is 4.74 Å². The van der Waals surface area contributed by atoms with Gasteiger partial charge in [0.15, 0.2) is 0 Å². The SMILES string of the molecule is O=C(OCc1ccncc1)c1ccncc1. The van der Waals surface area contributed by atoms with Gasteiger partial charge >= 0.3 is 5.97 Å². The summed E-state index contributed by atoms with van der Waals surface area (Å²) in [6, 6.07) is 6.85. The van der Waals surface area contributed by atoms with Crippen molar-refractivity contribution in [2.45, 2.75) is 6.61 Å². The van der Waals surface area contributed by atoms with Crippen molar-refractivity contribution in [2.24, 2.45) is 0 Å². The van der Waals surface area contributed by atoms with Crippen molar-refractivity contribution in [1.82, 2.24) is 9.97 Å². The van der Waals surface area contributed by atoms with Crippen LogP contribution in [0.5, 0.6) is 0 Å². The number of hydrogen-bond donors (Lipinski definition) is 0. The van der Waals surface area contributed by atoms with Gasteiger partial charge in [-0.2, -0.15) is 0 Å². The first-order chi connectivity index (χ1) is 7.86. The number of nitrogens with zero attached hydrogens (tertiary/aromatic N) is 2. The third-order valence-electron chi connectivity index (χ3n) is 2.04. The van der Waals surface area contributed by atoms with Gasteiger partial charge in [-0.1, -0.05) is 0 Å². The summed E-state index contributed by atoms with van der Waals surface area (Å²) >= 11 is 0. The van der Waals surface area contributed by atoms with Gasteiger partial charge in [0.2, 0.25) is 0 Å². The van der Waals surface area contributed by atoms with Gasteiger partial charge in [0, 0.05) is 24.8 Å². The van der Waals surface area contributed by atoms with Crippen molar-refractivity contribution < 1.29 is 9.53 Å². The Balaban J connectivity index is 1.95. The highest BCUT2D eigenvalue weighted by molar-refractivity contribution is 5.89. The molecule has 0 amide bonds. The van der Waals surface area contributed by atoms with E-state index in [0.29, 0.717) is 5.56 Å². The predicted octanol–water partition coefficient (Wildman–Crippen LogP) is 1.83. The highest BCUT2D eigenvalue weighted by atomic mass is 16.5. The Labute approximate surface area is 92.9 Å². The first-order valence-corrected chi connectivity index (χ1v) is 4.82. The third-order valence-corrected chi connectivity index (χ3v) is 2.04. The molecular weight excluding hydrogens is 204 g/mol. The van der Waals surface area contributed by atoms with Gasteiger partial charge in [0.25, 0.3) is 0 Å². The zero-order valence-electron chi connectivity index (χ0n) is 8.54. The molecule has 0 aliphatic rings. The first-order valence-electron chi connectivity index (χ1n) is 4.82. The molecule has 0 unspecified atom stereocenters. The fourth-order valence-corrected chi connectivity index (χ4v) is 1.20. The van der Waals surface area contributed by atoms with E-state index in [-0.39, 0.29) is 12.6 Å². The van der Waals surface area contributed by atoms with E-state index in [9.17, 15) is 4.79 Å². The van der Waals surface area contributed by atoms with Crippen molar-refractivity contribution >= 4 is 5.97 Å². The fraction of sp³-hybridized carbons (Fsp3) is 0.0833. The molecule has 0 saturated carbocycles. The summed E-state index contributed by atoms with van der Waals surface area (Å²) in [7, 11) is 0. The van der Waals surface area contributed by atoms with Crippen molar-refractivity contribution in [3.8, 4) is 0 Å². The zero-order valence-corrected chi connectivity index (χ0v) is 8.54. The molecule has 4 nitrogen and oxygen atoms in total. The molecular formula is C12H10N2O2. The van der Waals surface area contributed by atoms with Crippen molar-refractivity contribution in [3.05, 3.63) is 60.2 Å². The Morgan fingerprint density at radius 3 is 2.19 bits per heavy atom. The van der Waals surface area contributed by atoms with E-state index in [4.69, 9.17) is 4.74 Å². The Kier molecular flexibility index (Phi) is 3.23. The minimum atomic E-state index is -0.348. The molecule has 0 aliphatic heterocycles. The van der Waals surface area contributed by atoms with Crippen LogP contribution in [0.3, 0.4) is 0 Å². The van der Waals surface area contributed by atoms with Crippen LogP contribution in [0.25, 0.3) is 0 Å². The van der Waals surface area contributed by atoms with Gasteiger partial charge in [-0.3, -0.25) is 9.97 Å². The van der Waals surface area contributed by atoms with Crippen LogP contribution in [0.15, 0.2) is 49.1 Å². The summed E-state index contributed by atoms with van der Waals surface area (Å²) in [6.07, 6.45) is 6.44. The van der Waals surface area contributed by atoms with Gasteiger partial charge in [-0.25, -0.2) is 4.79 Å². The summed E-state index contributed by atoms with van der Waals surface area (Å²) in [6.45, 7) is 0.254. The second kappa shape index (κ2) is 5.02. The van der Waals surface area contributed by atoms with Gasteiger partial charge in [0.1, 0.15) is 6.61 Å². The normalized spacial score (nSPS) is 9.75. The Morgan fingerprint density at radius 2 is 1.56 bits per heavy atom. The molecule has 0 N–H and O–H groups in total. The van der Waals surface area contributed by atoms with Crippen LogP contribution in [-0.2, 0) is 11.3 Å². The van der Waals surface area contributed by atoms with E-state index >= 15 is 0 Å². The first kappa shape index (κ1) is 10.3. The number of carbonyl (C=O) groups is 1. The van der Waals surface area contributed by atoms with Crippen LogP contribution >= 0.6 is 0 Å². The number of hydrogen-bond acceptors (Lipinski definition) is 4. The van der Waals surface area contributed by atoms with E-state index in [1.54, 1.807) is 49.1 Å². The van der Waals surface area contributed by atoms with Crippen molar-refractivity contribution in [1.29, 1.82) is 0 Å². The standard InChI is InChI=1S/C12H10N2O2/c15-12(11-3-7-14-8-4-11)16-9-10-1-5-13-6-2-10/h1-8H,9H2. The molecule has 0 atom stereocenters. The van der Waals surface area contributed by atoms with Crippen molar-refractivity contribution in [3.63, 3.8) is 0 Å². The molecule has 2 aromatic heterocycles. The molecule has 0 spiro atoms. The molecule has 16 heavy (non-hydrogen) atoms. The Hall–Kier alpha value is -2.23. The number of esters is 1. The maximum absolute atomic E-state index is 11.6. The lowest BCUT2D eigenvalue weighted by atomic mass is 10.2. The van der Waals surface area contributed by atoms with E-state index in [1.807, 2.05) is 0 Å². The highest BCUT2D eigenvalue weighted by Crippen LogP contribution is 2.04. The summed E-state index contributed by atoms with van der Waals surface area (Å²) in [4.78, 5) is 19.3. The van der Waals surface area contributed by atoms with Crippen LogP contribution in [0, 0.1) is 0 Å². The van der Waals surface area contributed by atoms with Crippen LogP contribution in [0.1, 0.15) is 15.9 Å². The molecule has 2 rings (SSSR count). The number of ether oxygens (including phenoxy) is 1. The van der Waals surface area contributed by atoms with Gasteiger partial charge in [0.05, 0.1) is 5.56 Å². The highest BCUT2D eigenvalue weighted by Gasteiger charge is 2.05. The van der Waals surface area contributed by atoms with Crippen LogP contribution in [0.4, 0.5) is 0 Å². The molecule has 0 bridgehead atoms. The molecule has 0 aromatic carbocycles. The van der Waals surface area contributed by atoms with E-state index in [0.717, 1.165) is 5.56 Å². The minimum Gasteiger partial charge on any atom is -0.457 e. The quantitative estimate of drug-likeness (QED) is 0.731. The maximum atomic E-state index is 11.6.